The number of nitrogens with zero attached hydrogens (tertiary/aromatic N) is 1. The maximum atomic E-state index is 12.4. The van der Waals surface area contributed by atoms with E-state index in [1.54, 1.807) is 19.3 Å². The Morgan fingerprint density at radius 1 is 1.23 bits per heavy atom. The van der Waals surface area contributed by atoms with Gasteiger partial charge >= 0.3 is 0 Å². The molecule has 2 heterocycles. The van der Waals surface area contributed by atoms with Gasteiger partial charge in [-0.2, -0.15) is 0 Å². The zero-order valence-corrected chi connectivity index (χ0v) is 15.3. The Bertz CT molecular complexity index is 801. The molecule has 1 saturated heterocycles. The highest BCUT2D eigenvalue weighted by Gasteiger charge is 2.30. The fraction of sp³-hybridized carbons (Fsp3) is 0.263. The second kappa shape index (κ2) is 8.64. The van der Waals surface area contributed by atoms with E-state index in [1.807, 2.05) is 36.4 Å². The number of carbonyl (C=O) groups is 1. The van der Waals surface area contributed by atoms with Crippen LogP contribution in [0.2, 0.25) is 0 Å². The second-order valence-electron chi connectivity index (χ2n) is 5.70. The van der Waals surface area contributed by atoms with Crippen molar-refractivity contribution in [2.24, 2.45) is 0 Å². The highest BCUT2D eigenvalue weighted by Crippen LogP contribution is 2.18. The van der Waals surface area contributed by atoms with Gasteiger partial charge in [0.05, 0.1) is 0 Å². The van der Waals surface area contributed by atoms with Crippen LogP contribution in [0.3, 0.4) is 0 Å². The van der Waals surface area contributed by atoms with Gasteiger partial charge in [-0.25, -0.2) is 0 Å². The monoisotopic (exact) mass is 372 g/mol. The molecule has 1 aromatic heterocycles. The number of hydrogen-bond acceptors (Lipinski definition) is 5. The second-order valence-corrected chi connectivity index (χ2v) is 6.08. The average molecular weight is 372 g/mol. The topological polar surface area (TPSA) is 63.9 Å². The smallest absolute Gasteiger partial charge is 0.276 e. The molecule has 2 aromatic rings. The first kappa shape index (κ1) is 18.2. The number of amides is 1. The first-order chi connectivity index (χ1) is 12.7. The third-order valence-corrected chi connectivity index (χ3v) is 4.11. The number of para-hydroxylation sites is 1. The Morgan fingerprint density at radius 3 is 2.81 bits per heavy atom. The van der Waals surface area contributed by atoms with Crippen molar-refractivity contribution >= 4 is 29.3 Å². The van der Waals surface area contributed by atoms with Gasteiger partial charge in [-0.15, -0.1) is 0 Å². The molecule has 1 fully saturated rings. The van der Waals surface area contributed by atoms with Crippen LogP contribution < -0.4 is 10.1 Å². The van der Waals surface area contributed by atoms with Gasteiger partial charge in [0.25, 0.3) is 5.91 Å². The van der Waals surface area contributed by atoms with Gasteiger partial charge in [0.1, 0.15) is 29.6 Å². The number of rotatable bonds is 8. The van der Waals surface area contributed by atoms with E-state index < -0.39 is 0 Å². The summed E-state index contributed by atoms with van der Waals surface area (Å²) in [5.74, 6) is 1.85. The molecule has 1 aliphatic rings. The summed E-state index contributed by atoms with van der Waals surface area (Å²) in [6.07, 6.45) is 2.37. The van der Waals surface area contributed by atoms with Crippen LogP contribution in [0.1, 0.15) is 17.9 Å². The molecule has 0 spiro atoms. The molecule has 1 amide bonds. The molecule has 0 radical (unpaired) electrons. The minimum Gasteiger partial charge on any atom is -0.486 e. The number of furan rings is 1. The summed E-state index contributed by atoms with van der Waals surface area (Å²) in [7, 11) is 1.63. The highest BCUT2D eigenvalue weighted by atomic mass is 32.1. The zero-order valence-electron chi connectivity index (χ0n) is 14.4. The van der Waals surface area contributed by atoms with E-state index in [0.717, 1.165) is 12.2 Å². The van der Waals surface area contributed by atoms with Crippen LogP contribution in [-0.2, 0) is 16.1 Å². The molecule has 7 heteroatoms. The third-order valence-electron chi connectivity index (χ3n) is 3.79. The first-order valence-electron chi connectivity index (χ1n) is 8.27. The van der Waals surface area contributed by atoms with Gasteiger partial charge in [0, 0.05) is 26.3 Å². The van der Waals surface area contributed by atoms with Crippen molar-refractivity contribution in [1.82, 2.24) is 10.2 Å². The molecule has 6 nitrogen and oxygen atoms in total. The van der Waals surface area contributed by atoms with Crippen molar-refractivity contribution in [2.75, 3.05) is 20.3 Å². The largest absolute Gasteiger partial charge is 0.486 e. The summed E-state index contributed by atoms with van der Waals surface area (Å²) in [6, 6.07) is 13.1. The fourth-order valence-electron chi connectivity index (χ4n) is 2.50. The van der Waals surface area contributed by atoms with Crippen LogP contribution >= 0.6 is 12.2 Å². The van der Waals surface area contributed by atoms with Gasteiger partial charge < -0.3 is 19.2 Å². The van der Waals surface area contributed by atoms with E-state index in [1.165, 1.54) is 4.90 Å². The molecule has 0 saturated carbocycles. The van der Waals surface area contributed by atoms with Gasteiger partial charge in [0.15, 0.2) is 5.11 Å². The Labute approximate surface area is 157 Å². The molecule has 26 heavy (non-hydrogen) atoms. The Hall–Kier alpha value is -2.64. The van der Waals surface area contributed by atoms with E-state index in [2.05, 4.69) is 5.32 Å². The molecule has 136 valence electrons. The molecule has 0 atom stereocenters. The Morgan fingerprint density at radius 2 is 2.04 bits per heavy atom. The lowest BCUT2D eigenvalue weighted by Gasteiger charge is -2.12. The summed E-state index contributed by atoms with van der Waals surface area (Å²) < 4.78 is 16.4. The number of ether oxygens (including phenoxy) is 2. The lowest BCUT2D eigenvalue weighted by Crippen LogP contribution is -2.32. The van der Waals surface area contributed by atoms with Crippen molar-refractivity contribution < 1.29 is 18.7 Å². The fourth-order valence-corrected chi connectivity index (χ4v) is 2.79. The standard InChI is InChI=1S/C19H20N2O4S/c1-23-11-5-10-21-18(22)17(20-19(21)26)12-15-8-9-16(25-15)13-24-14-6-3-2-4-7-14/h2-4,6-9,12H,5,10-11,13H2,1H3,(H,20,26)/b17-12+. The molecule has 1 aromatic carbocycles. The Kier molecular flexibility index (Phi) is 6.04. The first-order valence-corrected chi connectivity index (χ1v) is 8.68. The van der Waals surface area contributed by atoms with Crippen LogP contribution in [0, 0.1) is 0 Å². The van der Waals surface area contributed by atoms with Crippen LogP contribution in [0.15, 0.2) is 52.6 Å². The van der Waals surface area contributed by atoms with Crippen molar-refractivity contribution in [3.8, 4) is 5.75 Å². The molecule has 0 aliphatic carbocycles. The quantitative estimate of drug-likeness (QED) is 0.437. The van der Waals surface area contributed by atoms with E-state index >= 15 is 0 Å². The number of nitrogens with one attached hydrogen (secondary N) is 1. The summed E-state index contributed by atoms with van der Waals surface area (Å²) in [5, 5.41) is 3.33. The molecular formula is C19H20N2O4S. The highest BCUT2D eigenvalue weighted by molar-refractivity contribution is 7.80. The predicted octanol–water partition coefficient (Wildman–Crippen LogP) is 2.95. The van der Waals surface area contributed by atoms with E-state index in [9.17, 15) is 4.79 Å². The van der Waals surface area contributed by atoms with Gasteiger partial charge in [-0.05, 0) is 42.9 Å². The third kappa shape index (κ3) is 4.50. The predicted molar refractivity (Wildman–Crippen MR) is 101 cm³/mol. The number of hydrogen-bond donors (Lipinski definition) is 1. The van der Waals surface area contributed by atoms with E-state index in [0.29, 0.717) is 42.1 Å². The average Bonchev–Trinajstić information content (AvgIpc) is 3.20. The van der Waals surface area contributed by atoms with Crippen molar-refractivity contribution in [3.63, 3.8) is 0 Å². The summed E-state index contributed by atoms with van der Waals surface area (Å²) in [4.78, 5) is 14.0. The molecule has 0 unspecified atom stereocenters. The van der Waals surface area contributed by atoms with Crippen molar-refractivity contribution in [1.29, 1.82) is 0 Å². The van der Waals surface area contributed by atoms with Gasteiger partial charge in [0.2, 0.25) is 0 Å². The number of benzene rings is 1. The molecule has 3 rings (SSSR count). The molecular weight excluding hydrogens is 352 g/mol. The minimum atomic E-state index is -0.162. The van der Waals surface area contributed by atoms with Gasteiger partial charge in [-0.3, -0.25) is 9.69 Å². The summed E-state index contributed by atoms with van der Waals surface area (Å²) in [5.41, 5.74) is 0.400. The number of methoxy groups -OCH3 is 1. The van der Waals surface area contributed by atoms with Crippen LogP contribution in [0.25, 0.3) is 6.08 Å². The minimum absolute atomic E-state index is 0.162. The normalized spacial score (nSPS) is 15.6. The Balaban J connectivity index is 1.60. The van der Waals surface area contributed by atoms with E-state index in [4.69, 9.17) is 26.1 Å². The maximum Gasteiger partial charge on any atom is 0.276 e. The van der Waals surface area contributed by atoms with Gasteiger partial charge in [-0.1, -0.05) is 18.2 Å². The van der Waals surface area contributed by atoms with Crippen LogP contribution in [0.4, 0.5) is 0 Å². The lowest BCUT2D eigenvalue weighted by molar-refractivity contribution is -0.122. The zero-order chi connectivity index (χ0) is 18.4. The number of thiocarbonyl (C=S) groups is 1. The molecule has 1 aliphatic heterocycles. The maximum absolute atomic E-state index is 12.4. The van der Waals surface area contributed by atoms with Crippen molar-refractivity contribution in [2.45, 2.75) is 13.0 Å². The van der Waals surface area contributed by atoms with Crippen LogP contribution in [0.5, 0.6) is 5.75 Å². The number of carbonyl (C=O) groups excluding carboxylic acids is 1. The SMILES string of the molecule is COCCCN1C(=O)/C(=C\c2ccc(COc3ccccc3)o2)NC1=S. The summed E-state index contributed by atoms with van der Waals surface area (Å²) >= 11 is 5.22. The molecule has 1 N–H and O–H groups in total. The molecule has 0 bridgehead atoms. The van der Waals surface area contributed by atoms with E-state index in [-0.39, 0.29) is 5.91 Å². The summed E-state index contributed by atoms with van der Waals surface area (Å²) in [6.45, 7) is 1.41. The van der Waals surface area contributed by atoms with Crippen molar-refractivity contribution in [3.05, 3.63) is 59.7 Å². The lowest BCUT2D eigenvalue weighted by atomic mass is 10.3. The van der Waals surface area contributed by atoms with Crippen LogP contribution in [-0.4, -0.2) is 36.2 Å².